The zero-order valence-electron chi connectivity index (χ0n) is 11.8. The molecule has 1 amide bonds. The molecule has 0 bridgehead atoms. The van der Waals surface area contributed by atoms with Crippen LogP contribution in [0.1, 0.15) is 41.2 Å². The number of rotatable bonds is 6. The van der Waals surface area contributed by atoms with Gasteiger partial charge in [0.1, 0.15) is 11.5 Å². The van der Waals surface area contributed by atoms with Gasteiger partial charge >= 0.3 is 0 Å². The number of H-pyrrole nitrogens is 1. The third-order valence-electron chi connectivity index (χ3n) is 3.09. The molecule has 1 aromatic heterocycles. The maximum absolute atomic E-state index is 12.8. The fraction of sp³-hybridized carbons (Fsp3) is 0.333. The lowest BCUT2D eigenvalue weighted by molar-refractivity contribution is 0.0911. The first-order valence-electron chi connectivity index (χ1n) is 6.86. The average Bonchev–Trinajstić information content (AvgIpc) is 2.94. The second-order valence-corrected chi connectivity index (χ2v) is 4.81. The summed E-state index contributed by atoms with van der Waals surface area (Å²) in [5, 5.41) is 19.3. The summed E-state index contributed by atoms with van der Waals surface area (Å²) in [4.78, 5) is 11.9. The number of nitrogens with one attached hydrogen (secondary N) is 2. The Bertz CT molecular complexity index is 595. The predicted octanol–water partition coefficient (Wildman–Crippen LogP) is 1.96. The van der Waals surface area contributed by atoms with Crippen LogP contribution in [0.3, 0.4) is 0 Å². The van der Waals surface area contributed by atoms with Crippen LogP contribution in [0.25, 0.3) is 0 Å². The highest BCUT2D eigenvalue weighted by molar-refractivity contribution is 5.92. The molecule has 2 rings (SSSR count). The minimum Gasteiger partial charge on any atom is -0.387 e. The van der Waals surface area contributed by atoms with Crippen molar-refractivity contribution in [1.29, 1.82) is 0 Å². The second kappa shape index (κ2) is 6.99. The van der Waals surface area contributed by atoms with Gasteiger partial charge in [0, 0.05) is 12.2 Å². The van der Waals surface area contributed by atoms with E-state index in [1.54, 1.807) is 6.07 Å². The zero-order chi connectivity index (χ0) is 15.2. The van der Waals surface area contributed by atoms with E-state index in [-0.39, 0.29) is 18.3 Å². The largest absolute Gasteiger partial charge is 0.387 e. The van der Waals surface area contributed by atoms with E-state index < -0.39 is 6.10 Å². The van der Waals surface area contributed by atoms with Gasteiger partial charge in [-0.05, 0) is 30.2 Å². The highest BCUT2D eigenvalue weighted by atomic mass is 19.1. The van der Waals surface area contributed by atoms with Crippen LogP contribution in [-0.4, -0.2) is 27.8 Å². The van der Waals surface area contributed by atoms with Crippen LogP contribution in [0.4, 0.5) is 4.39 Å². The maximum Gasteiger partial charge on any atom is 0.271 e. The van der Waals surface area contributed by atoms with Gasteiger partial charge in [0.25, 0.3) is 5.91 Å². The summed E-state index contributed by atoms with van der Waals surface area (Å²) in [7, 11) is 0. The molecule has 0 aliphatic carbocycles. The van der Waals surface area contributed by atoms with Gasteiger partial charge in [-0.1, -0.05) is 25.5 Å². The van der Waals surface area contributed by atoms with Gasteiger partial charge in [0.05, 0.1) is 6.10 Å². The monoisotopic (exact) mass is 291 g/mol. The van der Waals surface area contributed by atoms with Gasteiger partial charge in [-0.2, -0.15) is 5.10 Å². The number of hydrogen-bond acceptors (Lipinski definition) is 3. The van der Waals surface area contributed by atoms with Crippen LogP contribution >= 0.6 is 0 Å². The number of halogens is 1. The van der Waals surface area contributed by atoms with E-state index in [1.807, 2.05) is 6.92 Å². The van der Waals surface area contributed by atoms with Crippen molar-refractivity contribution in [3.8, 4) is 0 Å². The van der Waals surface area contributed by atoms with E-state index in [9.17, 15) is 14.3 Å². The van der Waals surface area contributed by atoms with Crippen LogP contribution in [0.5, 0.6) is 0 Å². The number of aryl methyl sites for hydroxylation is 1. The Morgan fingerprint density at radius 1 is 1.43 bits per heavy atom. The molecule has 0 saturated heterocycles. The smallest absolute Gasteiger partial charge is 0.271 e. The van der Waals surface area contributed by atoms with E-state index in [4.69, 9.17) is 0 Å². The number of aliphatic hydroxyl groups excluding tert-OH is 1. The minimum absolute atomic E-state index is 0.0421. The van der Waals surface area contributed by atoms with E-state index >= 15 is 0 Å². The Kier molecular flexibility index (Phi) is 5.05. The lowest BCUT2D eigenvalue weighted by atomic mass is 10.1. The van der Waals surface area contributed by atoms with Gasteiger partial charge in [-0.25, -0.2) is 4.39 Å². The molecule has 0 radical (unpaired) electrons. The lowest BCUT2D eigenvalue weighted by Crippen LogP contribution is -2.28. The summed E-state index contributed by atoms with van der Waals surface area (Å²) in [6.45, 7) is 2.08. The Labute approximate surface area is 122 Å². The molecule has 3 N–H and O–H groups in total. The molecule has 0 spiro atoms. The number of carbonyl (C=O) groups excluding carboxylic acids is 1. The van der Waals surface area contributed by atoms with Gasteiger partial charge in [0.15, 0.2) is 0 Å². The molecule has 1 heterocycles. The number of benzene rings is 1. The second-order valence-electron chi connectivity index (χ2n) is 4.81. The summed E-state index contributed by atoms with van der Waals surface area (Å²) in [6.07, 6.45) is 0.911. The lowest BCUT2D eigenvalue weighted by Gasteiger charge is -2.11. The van der Waals surface area contributed by atoms with Gasteiger partial charge in [-0.3, -0.25) is 9.89 Å². The average molecular weight is 291 g/mol. The SMILES string of the molecule is CCCc1cc(C(=O)NC[C@H](O)c2ccc(F)cc2)n[nH]1. The molecule has 0 unspecified atom stereocenters. The Morgan fingerprint density at radius 2 is 2.14 bits per heavy atom. The molecule has 0 aliphatic heterocycles. The number of aromatic amines is 1. The highest BCUT2D eigenvalue weighted by Crippen LogP contribution is 2.12. The Morgan fingerprint density at radius 3 is 2.81 bits per heavy atom. The summed E-state index contributed by atoms with van der Waals surface area (Å²) in [5.74, 6) is -0.718. The van der Waals surface area contributed by atoms with Crippen LogP contribution in [-0.2, 0) is 6.42 Å². The quantitative estimate of drug-likeness (QED) is 0.761. The third kappa shape index (κ3) is 4.13. The van der Waals surface area contributed by atoms with E-state index in [0.717, 1.165) is 18.5 Å². The van der Waals surface area contributed by atoms with Crippen molar-refractivity contribution < 1.29 is 14.3 Å². The summed E-state index contributed by atoms with van der Waals surface area (Å²) in [5.41, 5.74) is 1.75. The summed E-state index contributed by atoms with van der Waals surface area (Å²) in [6, 6.07) is 7.21. The van der Waals surface area contributed by atoms with Gasteiger partial charge < -0.3 is 10.4 Å². The van der Waals surface area contributed by atoms with Crippen LogP contribution < -0.4 is 5.32 Å². The van der Waals surface area contributed by atoms with Crippen molar-refractivity contribution in [3.05, 3.63) is 53.1 Å². The van der Waals surface area contributed by atoms with Crippen LogP contribution in [0.2, 0.25) is 0 Å². The van der Waals surface area contributed by atoms with E-state index in [2.05, 4.69) is 15.5 Å². The van der Waals surface area contributed by atoms with Crippen molar-refractivity contribution in [2.24, 2.45) is 0 Å². The minimum atomic E-state index is -0.886. The first-order chi connectivity index (χ1) is 10.1. The molecule has 21 heavy (non-hydrogen) atoms. The van der Waals surface area contributed by atoms with Crippen molar-refractivity contribution in [2.45, 2.75) is 25.9 Å². The standard InChI is InChI=1S/C15H18FN3O2/c1-2-3-12-8-13(19-18-12)15(21)17-9-14(20)10-4-6-11(16)7-5-10/h4-8,14,20H,2-3,9H2,1H3,(H,17,21)(H,18,19)/t14-/m0/s1. The Hall–Kier alpha value is -2.21. The molecule has 5 nitrogen and oxygen atoms in total. The maximum atomic E-state index is 12.8. The molecule has 2 aromatic rings. The highest BCUT2D eigenvalue weighted by Gasteiger charge is 2.13. The summed E-state index contributed by atoms with van der Waals surface area (Å²) >= 11 is 0. The number of carbonyl (C=O) groups is 1. The van der Waals surface area contributed by atoms with E-state index in [0.29, 0.717) is 11.3 Å². The van der Waals surface area contributed by atoms with Crippen molar-refractivity contribution >= 4 is 5.91 Å². The van der Waals surface area contributed by atoms with Gasteiger partial charge in [0.2, 0.25) is 0 Å². The molecule has 112 valence electrons. The topological polar surface area (TPSA) is 78.0 Å². The van der Waals surface area contributed by atoms with Gasteiger partial charge in [-0.15, -0.1) is 0 Å². The molecule has 0 aliphatic rings. The molecule has 0 fully saturated rings. The van der Waals surface area contributed by atoms with Crippen molar-refractivity contribution in [2.75, 3.05) is 6.54 Å². The van der Waals surface area contributed by atoms with Crippen LogP contribution in [0, 0.1) is 5.82 Å². The molecule has 1 aromatic carbocycles. The normalized spacial score (nSPS) is 12.1. The van der Waals surface area contributed by atoms with Crippen molar-refractivity contribution in [1.82, 2.24) is 15.5 Å². The first-order valence-corrected chi connectivity index (χ1v) is 6.86. The number of nitrogens with zero attached hydrogens (tertiary/aromatic N) is 1. The number of amides is 1. The number of aromatic nitrogens is 2. The molecule has 0 saturated carbocycles. The van der Waals surface area contributed by atoms with Crippen LogP contribution in [0.15, 0.2) is 30.3 Å². The first kappa shape index (κ1) is 15.2. The molecule has 6 heteroatoms. The summed E-state index contributed by atoms with van der Waals surface area (Å²) < 4.78 is 12.8. The fourth-order valence-electron chi connectivity index (χ4n) is 1.96. The molecular formula is C15H18FN3O2. The predicted molar refractivity (Wildman–Crippen MR) is 76.3 cm³/mol. The third-order valence-corrected chi connectivity index (χ3v) is 3.09. The van der Waals surface area contributed by atoms with Crippen molar-refractivity contribution in [3.63, 3.8) is 0 Å². The van der Waals surface area contributed by atoms with E-state index in [1.165, 1.54) is 24.3 Å². The molecule has 1 atom stereocenters. The number of hydrogen-bond donors (Lipinski definition) is 3. The zero-order valence-corrected chi connectivity index (χ0v) is 11.8. The Balaban J connectivity index is 1.89. The number of aliphatic hydroxyl groups is 1. The fourth-order valence-corrected chi connectivity index (χ4v) is 1.96. The molecular weight excluding hydrogens is 273 g/mol.